The Bertz CT molecular complexity index is 1160. The maximum Gasteiger partial charge on any atom is 0.248 e. The number of nitrogens with zero attached hydrogens (tertiary/aromatic N) is 2. The number of carbonyl (C=O) groups is 2. The Balaban J connectivity index is 1.31. The van der Waals surface area contributed by atoms with E-state index < -0.39 is 0 Å². The maximum atomic E-state index is 12.3. The number of carbonyl (C=O) groups excluding carboxylic acids is 2. The molecule has 2 aromatic carbocycles. The zero-order chi connectivity index (χ0) is 22.5. The van der Waals surface area contributed by atoms with E-state index >= 15 is 0 Å². The van der Waals surface area contributed by atoms with Gasteiger partial charge in [0, 0.05) is 30.1 Å². The van der Waals surface area contributed by atoms with Crippen molar-refractivity contribution in [2.24, 2.45) is 0 Å². The van der Waals surface area contributed by atoms with E-state index in [1.165, 1.54) is 6.08 Å². The van der Waals surface area contributed by atoms with Gasteiger partial charge < -0.3 is 15.0 Å². The minimum Gasteiger partial charge on any atom is -0.487 e. The molecule has 0 aliphatic carbocycles. The molecule has 32 heavy (non-hydrogen) atoms. The Labute approximate surface area is 195 Å². The summed E-state index contributed by atoms with van der Waals surface area (Å²) < 4.78 is 5.73. The van der Waals surface area contributed by atoms with Gasteiger partial charge in [-0.2, -0.15) is 0 Å². The first-order chi connectivity index (χ1) is 15.5. The van der Waals surface area contributed by atoms with Crippen molar-refractivity contribution in [1.29, 1.82) is 0 Å². The number of aromatic nitrogens is 1. The van der Waals surface area contributed by atoms with Gasteiger partial charge in [0.15, 0.2) is 0 Å². The van der Waals surface area contributed by atoms with Crippen molar-refractivity contribution < 1.29 is 14.3 Å². The van der Waals surface area contributed by atoms with Crippen LogP contribution in [-0.4, -0.2) is 23.3 Å². The third kappa shape index (κ3) is 5.55. The molecule has 1 N–H and O–H groups in total. The van der Waals surface area contributed by atoms with Crippen LogP contribution in [0.5, 0.6) is 5.75 Å². The van der Waals surface area contributed by atoms with Crippen LogP contribution in [0, 0.1) is 6.92 Å². The molecule has 1 saturated heterocycles. The van der Waals surface area contributed by atoms with E-state index in [4.69, 9.17) is 16.3 Å². The number of nitrogens with one attached hydrogen (secondary N) is 1. The summed E-state index contributed by atoms with van der Waals surface area (Å²) >= 11 is 7.93. The Morgan fingerprint density at radius 2 is 2.09 bits per heavy atom. The van der Waals surface area contributed by atoms with Crippen LogP contribution in [0.4, 0.5) is 11.4 Å². The summed E-state index contributed by atoms with van der Waals surface area (Å²) in [5.74, 6) is 0.537. The molecule has 0 saturated carbocycles. The van der Waals surface area contributed by atoms with Gasteiger partial charge in [-0.3, -0.25) is 9.59 Å². The molecule has 3 aromatic rings. The lowest BCUT2D eigenvalue weighted by Crippen LogP contribution is -2.24. The first-order valence-electron chi connectivity index (χ1n) is 10.2. The predicted octanol–water partition coefficient (Wildman–Crippen LogP) is 5.46. The van der Waals surface area contributed by atoms with Crippen LogP contribution < -0.4 is 15.0 Å². The molecular formula is C24H22ClN3O3S. The molecule has 2 amide bonds. The van der Waals surface area contributed by atoms with Crippen LogP contribution in [0.25, 0.3) is 6.08 Å². The third-order valence-electron chi connectivity index (χ3n) is 4.94. The summed E-state index contributed by atoms with van der Waals surface area (Å²) in [6, 6.07) is 12.6. The van der Waals surface area contributed by atoms with Gasteiger partial charge in [0.1, 0.15) is 12.4 Å². The Morgan fingerprint density at radius 3 is 2.75 bits per heavy atom. The smallest absolute Gasteiger partial charge is 0.248 e. The molecule has 4 rings (SSSR count). The van der Waals surface area contributed by atoms with Crippen molar-refractivity contribution in [3.63, 3.8) is 0 Å². The quantitative estimate of drug-likeness (QED) is 0.468. The molecule has 1 aliphatic rings. The molecular weight excluding hydrogens is 446 g/mol. The van der Waals surface area contributed by atoms with E-state index in [0.29, 0.717) is 36.0 Å². The number of thiazole rings is 1. The highest BCUT2D eigenvalue weighted by atomic mass is 35.5. The van der Waals surface area contributed by atoms with Gasteiger partial charge in [0.25, 0.3) is 0 Å². The van der Waals surface area contributed by atoms with Crippen LogP contribution in [0.3, 0.4) is 0 Å². The molecule has 2 heterocycles. The topological polar surface area (TPSA) is 71.5 Å². The molecule has 0 spiro atoms. The van der Waals surface area contributed by atoms with Crippen molar-refractivity contribution in [2.45, 2.75) is 26.4 Å². The van der Waals surface area contributed by atoms with E-state index in [-0.39, 0.29) is 11.8 Å². The number of benzene rings is 2. The van der Waals surface area contributed by atoms with Crippen molar-refractivity contribution in [1.82, 2.24) is 4.98 Å². The molecule has 1 aromatic heterocycles. The first kappa shape index (κ1) is 22.0. The maximum absolute atomic E-state index is 12.3. The van der Waals surface area contributed by atoms with Gasteiger partial charge in [-0.05, 0) is 55.3 Å². The summed E-state index contributed by atoms with van der Waals surface area (Å²) in [5, 5.41) is 6.22. The molecule has 1 aliphatic heterocycles. The van der Waals surface area contributed by atoms with Gasteiger partial charge >= 0.3 is 0 Å². The molecule has 1 fully saturated rings. The Kier molecular flexibility index (Phi) is 6.87. The molecule has 0 atom stereocenters. The molecule has 8 heteroatoms. The second-order valence-corrected chi connectivity index (χ2v) is 8.82. The lowest BCUT2D eigenvalue weighted by molar-refractivity contribution is -0.117. The van der Waals surface area contributed by atoms with Crippen LogP contribution in [-0.2, 0) is 16.2 Å². The number of hydrogen-bond acceptors (Lipinski definition) is 5. The second kappa shape index (κ2) is 9.97. The van der Waals surface area contributed by atoms with Crippen LogP contribution in [0.2, 0.25) is 5.02 Å². The number of hydrogen-bond donors (Lipinski definition) is 1. The number of rotatable bonds is 7. The zero-order valence-electron chi connectivity index (χ0n) is 17.5. The Morgan fingerprint density at radius 1 is 1.28 bits per heavy atom. The van der Waals surface area contributed by atoms with Gasteiger partial charge in [-0.15, -0.1) is 11.3 Å². The highest BCUT2D eigenvalue weighted by Gasteiger charge is 2.23. The fraction of sp³-hybridized carbons (Fsp3) is 0.208. The van der Waals surface area contributed by atoms with E-state index in [1.807, 2.05) is 36.6 Å². The fourth-order valence-electron chi connectivity index (χ4n) is 3.37. The van der Waals surface area contributed by atoms with Crippen LogP contribution in [0.15, 0.2) is 53.9 Å². The minimum atomic E-state index is -0.273. The average Bonchev–Trinajstić information content (AvgIpc) is 3.39. The van der Waals surface area contributed by atoms with E-state index in [9.17, 15) is 9.59 Å². The standard InChI is InChI=1S/C24H22ClN3O3S/c1-16-26-19(15-32-16)14-31-20-8-4-17(5-9-20)6-11-23(29)27-18-7-10-22(21(25)13-18)28-12-2-3-24(28)30/h4-11,13,15H,2-3,12,14H2,1H3,(H,27,29)/b11-6+. The van der Waals surface area contributed by atoms with Crippen LogP contribution >= 0.6 is 22.9 Å². The van der Waals surface area contributed by atoms with Crippen molar-refractivity contribution in [2.75, 3.05) is 16.8 Å². The molecule has 0 radical (unpaired) electrons. The lowest BCUT2D eigenvalue weighted by atomic mass is 10.2. The van der Waals surface area contributed by atoms with Gasteiger partial charge in [0.2, 0.25) is 11.8 Å². The zero-order valence-corrected chi connectivity index (χ0v) is 19.1. The van der Waals surface area contributed by atoms with E-state index in [2.05, 4.69) is 10.3 Å². The summed E-state index contributed by atoms with van der Waals surface area (Å²) in [6.07, 6.45) is 4.55. The fourth-order valence-corrected chi connectivity index (χ4v) is 4.25. The van der Waals surface area contributed by atoms with Crippen LogP contribution in [0.1, 0.15) is 29.1 Å². The highest BCUT2D eigenvalue weighted by molar-refractivity contribution is 7.09. The molecule has 164 valence electrons. The predicted molar refractivity (Wildman–Crippen MR) is 128 cm³/mol. The monoisotopic (exact) mass is 467 g/mol. The number of halogens is 1. The SMILES string of the molecule is Cc1nc(COc2ccc(/C=C/C(=O)Nc3ccc(N4CCCC4=O)c(Cl)c3)cc2)cs1. The number of aryl methyl sites for hydroxylation is 1. The summed E-state index contributed by atoms with van der Waals surface area (Å²) in [4.78, 5) is 30.2. The van der Waals surface area contributed by atoms with Crippen molar-refractivity contribution in [3.05, 3.63) is 75.2 Å². The molecule has 0 unspecified atom stereocenters. The van der Waals surface area contributed by atoms with Crippen molar-refractivity contribution >= 4 is 52.2 Å². The van der Waals surface area contributed by atoms with Gasteiger partial charge in [-0.25, -0.2) is 4.98 Å². The van der Waals surface area contributed by atoms with Crippen molar-refractivity contribution in [3.8, 4) is 5.75 Å². The summed E-state index contributed by atoms with van der Waals surface area (Å²) in [5.41, 5.74) is 3.03. The molecule has 6 nitrogen and oxygen atoms in total. The minimum absolute atomic E-state index is 0.0706. The molecule has 0 bridgehead atoms. The lowest BCUT2D eigenvalue weighted by Gasteiger charge is -2.17. The number of anilines is 2. The summed E-state index contributed by atoms with van der Waals surface area (Å²) in [6.45, 7) is 3.06. The number of ether oxygens (including phenoxy) is 1. The normalized spacial score (nSPS) is 13.7. The second-order valence-electron chi connectivity index (χ2n) is 7.35. The third-order valence-corrected chi connectivity index (χ3v) is 6.07. The Hall–Kier alpha value is -3.16. The van der Waals surface area contributed by atoms with Gasteiger partial charge in [-0.1, -0.05) is 23.7 Å². The highest BCUT2D eigenvalue weighted by Crippen LogP contribution is 2.31. The first-order valence-corrected chi connectivity index (χ1v) is 11.5. The van der Waals surface area contributed by atoms with Gasteiger partial charge in [0.05, 0.1) is 21.4 Å². The van der Waals surface area contributed by atoms with E-state index in [0.717, 1.165) is 28.4 Å². The number of amides is 2. The average molecular weight is 468 g/mol. The summed E-state index contributed by atoms with van der Waals surface area (Å²) in [7, 11) is 0. The van der Waals surface area contributed by atoms with E-state index in [1.54, 1.807) is 40.5 Å². The largest absolute Gasteiger partial charge is 0.487 e.